The maximum atomic E-state index is 4.56. The summed E-state index contributed by atoms with van der Waals surface area (Å²) in [6.07, 6.45) is 0. The smallest absolute Gasteiger partial charge is 0.203 e. The summed E-state index contributed by atoms with van der Waals surface area (Å²) < 4.78 is 2.12. The highest BCUT2D eigenvalue weighted by molar-refractivity contribution is 5.83. The SMILES string of the molecule is CNc1nc2cccc(C(C)(C)C)c2n1C. The molecular formula is C13H19N3. The van der Waals surface area contributed by atoms with Gasteiger partial charge >= 0.3 is 0 Å². The highest BCUT2D eigenvalue weighted by Gasteiger charge is 2.20. The van der Waals surface area contributed by atoms with E-state index in [1.165, 1.54) is 11.1 Å². The molecule has 0 aliphatic carbocycles. The minimum absolute atomic E-state index is 0.137. The van der Waals surface area contributed by atoms with E-state index < -0.39 is 0 Å². The summed E-state index contributed by atoms with van der Waals surface area (Å²) in [4.78, 5) is 4.56. The Morgan fingerprint density at radius 2 is 1.94 bits per heavy atom. The number of rotatable bonds is 1. The van der Waals surface area contributed by atoms with Gasteiger partial charge in [0.05, 0.1) is 11.0 Å². The average molecular weight is 217 g/mol. The Labute approximate surface area is 96.5 Å². The number of hydrogen-bond donors (Lipinski definition) is 1. The molecule has 0 aliphatic rings. The van der Waals surface area contributed by atoms with Crippen molar-refractivity contribution in [2.45, 2.75) is 26.2 Å². The Morgan fingerprint density at radius 3 is 2.50 bits per heavy atom. The van der Waals surface area contributed by atoms with Crippen molar-refractivity contribution in [3.8, 4) is 0 Å². The second kappa shape index (κ2) is 3.51. The third-order valence-electron chi connectivity index (χ3n) is 2.93. The van der Waals surface area contributed by atoms with E-state index in [-0.39, 0.29) is 5.41 Å². The van der Waals surface area contributed by atoms with Crippen LogP contribution >= 0.6 is 0 Å². The molecule has 0 atom stereocenters. The largest absolute Gasteiger partial charge is 0.359 e. The Balaban J connectivity index is 2.81. The molecule has 3 nitrogen and oxygen atoms in total. The molecule has 0 radical (unpaired) electrons. The van der Waals surface area contributed by atoms with Gasteiger partial charge in [0.25, 0.3) is 0 Å². The molecule has 0 saturated heterocycles. The summed E-state index contributed by atoms with van der Waals surface area (Å²) >= 11 is 0. The number of benzene rings is 1. The minimum Gasteiger partial charge on any atom is -0.359 e. The number of nitrogens with one attached hydrogen (secondary N) is 1. The van der Waals surface area contributed by atoms with E-state index in [0.29, 0.717) is 0 Å². The molecular weight excluding hydrogens is 198 g/mol. The van der Waals surface area contributed by atoms with Gasteiger partial charge in [-0.15, -0.1) is 0 Å². The predicted octanol–water partition coefficient (Wildman–Crippen LogP) is 2.91. The molecule has 0 saturated carbocycles. The molecule has 0 aliphatic heterocycles. The molecule has 0 fully saturated rings. The van der Waals surface area contributed by atoms with Crippen molar-refractivity contribution in [1.29, 1.82) is 0 Å². The summed E-state index contributed by atoms with van der Waals surface area (Å²) in [7, 11) is 3.95. The molecule has 1 aromatic heterocycles. The number of aromatic nitrogens is 2. The van der Waals surface area contributed by atoms with Crippen LogP contribution in [0.15, 0.2) is 18.2 Å². The number of para-hydroxylation sites is 1. The standard InChI is InChI=1S/C13H19N3/c1-13(2,3)9-7-6-8-10-11(9)16(5)12(14-4)15-10/h6-8H,1-5H3,(H,14,15). The second-order valence-electron chi connectivity index (χ2n) is 5.17. The van der Waals surface area contributed by atoms with Crippen molar-refractivity contribution < 1.29 is 0 Å². The lowest BCUT2D eigenvalue weighted by Gasteiger charge is -2.20. The van der Waals surface area contributed by atoms with E-state index in [1.54, 1.807) is 0 Å². The van der Waals surface area contributed by atoms with Crippen molar-refractivity contribution in [3.05, 3.63) is 23.8 Å². The molecule has 1 heterocycles. The van der Waals surface area contributed by atoms with Gasteiger partial charge in [-0.05, 0) is 17.0 Å². The summed E-state index contributed by atoms with van der Waals surface area (Å²) in [6.45, 7) is 6.69. The van der Waals surface area contributed by atoms with Crippen LogP contribution in [0.2, 0.25) is 0 Å². The quantitative estimate of drug-likeness (QED) is 0.796. The normalized spacial score (nSPS) is 12.1. The van der Waals surface area contributed by atoms with Crippen LogP contribution in [0.3, 0.4) is 0 Å². The first-order chi connectivity index (χ1) is 7.45. The number of anilines is 1. The Hall–Kier alpha value is -1.51. The van der Waals surface area contributed by atoms with E-state index in [0.717, 1.165) is 11.5 Å². The fraction of sp³-hybridized carbons (Fsp3) is 0.462. The zero-order valence-electron chi connectivity index (χ0n) is 10.6. The fourth-order valence-electron chi connectivity index (χ4n) is 2.10. The summed E-state index contributed by atoms with van der Waals surface area (Å²) in [6, 6.07) is 6.32. The molecule has 0 spiro atoms. The van der Waals surface area contributed by atoms with Gasteiger partial charge in [0.2, 0.25) is 5.95 Å². The predicted molar refractivity (Wildman–Crippen MR) is 69.0 cm³/mol. The summed E-state index contributed by atoms with van der Waals surface area (Å²) in [5, 5.41) is 3.12. The van der Waals surface area contributed by atoms with Crippen LogP contribution in [-0.4, -0.2) is 16.6 Å². The monoisotopic (exact) mass is 217 g/mol. The fourth-order valence-corrected chi connectivity index (χ4v) is 2.10. The zero-order chi connectivity index (χ0) is 11.9. The average Bonchev–Trinajstić information content (AvgIpc) is 2.54. The first-order valence-corrected chi connectivity index (χ1v) is 5.59. The van der Waals surface area contributed by atoms with Crippen LogP contribution in [0, 0.1) is 0 Å². The van der Waals surface area contributed by atoms with Crippen molar-refractivity contribution >= 4 is 17.0 Å². The van der Waals surface area contributed by atoms with Crippen LogP contribution in [0.25, 0.3) is 11.0 Å². The highest BCUT2D eigenvalue weighted by atomic mass is 15.2. The van der Waals surface area contributed by atoms with Crippen LogP contribution in [0.1, 0.15) is 26.3 Å². The Bertz CT molecular complexity index is 518. The van der Waals surface area contributed by atoms with E-state index in [1.807, 2.05) is 7.05 Å². The topological polar surface area (TPSA) is 29.9 Å². The number of hydrogen-bond acceptors (Lipinski definition) is 2. The van der Waals surface area contributed by atoms with E-state index in [9.17, 15) is 0 Å². The summed E-state index contributed by atoms with van der Waals surface area (Å²) in [5.74, 6) is 0.909. The lowest BCUT2D eigenvalue weighted by molar-refractivity contribution is 0.593. The molecule has 1 N–H and O–H groups in total. The van der Waals surface area contributed by atoms with Gasteiger partial charge in [-0.25, -0.2) is 4.98 Å². The van der Waals surface area contributed by atoms with Crippen LogP contribution in [0.4, 0.5) is 5.95 Å². The van der Waals surface area contributed by atoms with Crippen molar-refractivity contribution in [3.63, 3.8) is 0 Å². The lowest BCUT2D eigenvalue weighted by atomic mass is 9.86. The van der Waals surface area contributed by atoms with Gasteiger partial charge in [-0.2, -0.15) is 0 Å². The van der Waals surface area contributed by atoms with Gasteiger partial charge in [-0.1, -0.05) is 32.9 Å². The molecule has 0 bridgehead atoms. The first kappa shape index (κ1) is 11.0. The van der Waals surface area contributed by atoms with E-state index in [2.05, 4.69) is 60.9 Å². The number of imidazole rings is 1. The van der Waals surface area contributed by atoms with Crippen LogP contribution < -0.4 is 5.32 Å². The number of fused-ring (bicyclic) bond motifs is 1. The third-order valence-corrected chi connectivity index (χ3v) is 2.93. The summed E-state index contributed by atoms with van der Waals surface area (Å²) in [5.41, 5.74) is 3.75. The molecule has 3 heteroatoms. The maximum Gasteiger partial charge on any atom is 0.203 e. The molecule has 86 valence electrons. The number of nitrogens with zero attached hydrogens (tertiary/aromatic N) is 2. The molecule has 2 aromatic rings. The minimum atomic E-state index is 0.137. The molecule has 16 heavy (non-hydrogen) atoms. The maximum absolute atomic E-state index is 4.56. The molecule has 0 unspecified atom stereocenters. The number of aryl methyl sites for hydroxylation is 1. The Morgan fingerprint density at radius 1 is 1.25 bits per heavy atom. The van der Waals surface area contributed by atoms with Crippen LogP contribution in [0.5, 0.6) is 0 Å². The molecule has 0 amide bonds. The van der Waals surface area contributed by atoms with Gasteiger partial charge in [0.15, 0.2) is 0 Å². The van der Waals surface area contributed by atoms with Gasteiger partial charge < -0.3 is 9.88 Å². The molecule has 2 rings (SSSR count). The van der Waals surface area contributed by atoms with Crippen molar-refractivity contribution in [2.24, 2.45) is 7.05 Å². The van der Waals surface area contributed by atoms with Crippen molar-refractivity contribution in [1.82, 2.24) is 9.55 Å². The first-order valence-electron chi connectivity index (χ1n) is 5.59. The van der Waals surface area contributed by atoms with Gasteiger partial charge in [-0.3, -0.25) is 0 Å². The van der Waals surface area contributed by atoms with E-state index in [4.69, 9.17) is 0 Å². The van der Waals surface area contributed by atoms with Crippen molar-refractivity contribution in [2.75, 3.05) is 12.4 Å². The third kappa shape index (κ3) is 1.56. The lowest BCUT2D eigenvalue weighted by Crippen LogP contribution is -2.13. The highest BCUT2D eigenvalue weighted by Crippen LogP contribution is 2.30. The van der Waals surface area contributed by atoms with Crippen LogP contribution in [-0.2, 0) is 12.5 Å². The van der Waals surface area contributed by atoms with Gasteiger partial charge in [0, 0.05) is 14.1 Å². The second-order valence-corrected chi connectivity index (χ2v) is 5.17. The van der Waals surface area contributed by atoms with Gasteiger partial charge in [0.1, 0.15) is 0 Å². The zero-order valence-corrected chi connectivity index (χ0v) is 10.6. The Kier molecular flexibility index (Phi) is 2.41. The van der Waals surface area contributed by atoms with E-state index >= 15 is 0 Å². The molecule has 1 aromatic carbocycles.